The Labute approximate surface area is 255 Å². The maximum atomic E-state index is 14.0. The van der Waals surface area contributed by atoms with Crippen LogP contribution in [0.2, 0.25) is 0 Å². The molecule has 4 aromatic rings. The minimum atomic E-state index is -4.72. The highest BCUT2D eigenvalue weighted by Crippen LogP contribution is 2.33. The number of aryl methyl sites for hydroxylation is 3. The van der Waals surface area contributed by atoms with Crippen LogP contribution in [0.25, 0.3) is 11.1 Å². The molecule has 0 aliphatic rings. The van der Waals surface area contributed by atoms with Crippen LogP contribution in [0.1, 0.15) is 47.6 Å². The van der Waals surface area contributed by atoms with Crippen molar-refractivity contribution in [3.8, 4) is 11.1 Å². The normalized spacial score (nSPS) is 13.3. The molecule has 0 N–H and O–H groups in total. The number of halogens is 3. The molecule has 0 aliphatic carbocycles. The van der Waals surface area contributed by atoms with Gasteiger partial charge in [-0.05, 0) is 86.7 Å². The highest BCUT2D eigenvalue weighted by atomic mass is 32.2. The van der Waals surface area contributed by atoms with E-state index in [9.17, 15) is 34.8 Å². The van der Waals surface area contributed by atoms with E-state index in [4.69, 9.17) is 4.42 Å². The first-order valence-electron chi connectivity index (χ1n) is 13.6. The van der Waals surface area contributed by atoms with Gasteiger partial charge in [0, 0.05) is 6.54 Å². The lowest BCUT2D eigenvalue weighted by Crippen LogP contribution is -2.31. The summed E-state index contributed by atoms with van der Waals surface area (Å²) in [4.78, 5) is 11.8. The third kappa shape index (κ3) is 6.98. The average Bonchev–Trinajstić information content (AvgIpc) is 3.41. The van der Waals surface area contributed by atoms with Crippen molar-refractivity contribution >= 4 is 25.6 Å². The molecular weight excluding hydrogens is 615 g/mol. The van der Waals surface area contributed by atoms with Gasteiger partial charge in [0.05, 0.1) is 16.3 Å². The fourth-order valence-electron chi connectivity index (χ4n) is 5.00. The molecule has 1 unspecified atom stereocenters. The number of hydrogen-bond acceptors (Lipinski definition) is 6. The first-order valence-corrected chi connectivity index (χ1v) is 16.6. The number of benzene rings is 3. The molecule has 0 bridgehead atoms. The number of alkyl halides is 3. The van der Waals surface area contributed by atoms with Crippen molar-refractivity contribution in [3.05, 3.63) is 107 Å². The molecule has 0 amide bonds. The van der Waals surface area contributed by atoms with E-state index >= 15 is 0 Å². The Morgan fingerprint density at radius 3 is 2.00 bits per heavy atom. The maximum Gasteiger partial charge on any atom is 0.449 e. The van der Waals surface area contributed by atoms with Gasteiger partial charge >= 0.3 is 6.18 Å². The van der Waals surface area contributed by atoms with Gasteiger partial charge in [-0.2, -0.15) is 17.5 Å². The number of carbonyl (C=O) groups is 1. The van der Waals surface area contributed by atoms with Crippen LogP contribution in [0.4, 0.5) is 13.2 Å². The first-order chi connectivity index (χ1) is 20.4. The average molecular weight is 648 g/mol. The molecule has 1 atom stereocenters. The van der Waals surface area contributed by atoms with E-state index in [0.717, 1.165) is 22.0 Å². The Morgan fingerprint density at radius 2 is 1.45 bits per heavy atom. The SMILES string of the molecule is CC(=O)C(C)S(=O)(=O)c1cccc(-c2ccc(CN(Cc3ccc(C(F)(F)F)o3)S(=O)(=O)c3c(C)cc(C)cc3C)cc2)c1. The second-order valence-electron chi connectivity index (χ2n) is 10.8. The summed E-state index contributed by atoms with van der Waals surface area (Å²) in [5.41, 5.74) is 3.63. The molecule has 4 rings (SSSR count). The summed E-state index contributed by atoms with van der Waals surface area (Å²) in [6, 6.07) is 18.2. The molecule has 0 aliphatic heterocycles. The predicted octanol–water partition coefficient (Wildman–Crippen LogP) is 7.03. The van der Waals surface area contributed by atoms with Crippen LogP contribution in [0, 0.1) is 20.8 Å². The topological polar surface area (TPSA) is 102 Å². The van der Waals surface area contributed by atoms with Gasteiger partial charge in [0.2, 0.25) is 15.8 Å². The number of sulfonamides is 1. The first kappa shape index (κ1) is 33.2. The third-order valence-corrected chi connectivity index (χ3v) is 11.6. The molecule has 0 spiro atoms. The summed E-state index contributed by atoms with van der Waals surface area (Å²) >= 11 is 0. The highest BCUT2D eigenvalue weighted by molar-refractivity contribution is 7.92. The summed E-state index contributed by atoms with van der Waals surface area (Å²) in [6.07, 6.45) is -4.72. The fraction of sp³-hybridized carbons (Fsp3) is 0.281. The Morgan fingerprint density at radius 1 is 0.841 bits per heavy atom. The number of rotatable bonds is 10. The molecule has 0 saturated heterocycles. The van der Waals surface area contributed by atoms with E-state index in [1.807, 2.05) is 6.92 Å². The Hall–Kier alpha value is -3.74. The second-order valence-corrected chi connectivity index (χ2v) is 14.9. The molecule has 44 heavy (non-hydrogen) atoms. The molecular formula is C32H32F3NO6S2. The molecule has 3 aromatic carbocycles. The van der Waals surface area contributed by atoms with Crippen LogP contribution in [-0.4, -0.2) is 32.2 Å². The second kappa shape index (κ2) is 12.3. The Kier molecular flexibility index (Phi) is 9.30. The van der Waals surface area contributed by atoms with Crippen LogP contribution in [0.5, 0.6) is 0 Å². The molecule has 12 heteroatoms. The molecule has 0 saturated carbocycles. The molecule has 7 nitrogen and oxygen atoms in total. The number of ketones is 1. The monoisotopic (exact) mass is 647 g/mol. The molecule has 1 heterocycles. The minimum Gasteiger partial charge on any atom is -0.455 e. The van der Waals surface area contributed by atoms with Crippen molar-refractivity contribution in [2.75, 3.05) is 0 Å². The zero-order chi connectivity index (χ0) is 32.6. The van der Waals surface area contributed by atoms with E-state index in [-0.39, 0.29) is 22.1 Å². The van der Waals surface area contributed by atoms with Gasteiger partial charge in [-0.3, -0.25) is 4.79 Å². The Bertz CT molecular complexity index is 1890. The quantitative estimate of drug-likeness (QED) is 0.183. The number of sulfone groups is 1. The van der Waals surface area contributed by atoms with Gasteiger partial charge in [-0.25, -0.2) is 16.8 Å². The van der Waals surface area contributed by atoms with Crippen LogP contribution in [0.15, 0.2) is 87.0 Å². The molecule has 1 aromatic heterocycles. The molecule has 0 fully saturated rings. The zero-order valence-corrected chi connectivity index (χ0v) is 26.4. The smallest absolute Gasteiger partial charge is 0.449 e. The highest BCUT2D eigenvalue weighted by Gasteiger charge is 2.36. The minimum absolute atomic E-state index is 0.000411. The molecule has 234 valence electrons. The lowest BCUT2D eigenvalue weighted by Gasteiger charge is -2.24. The number of hydrogen-bond donors (Lipinski definition) is 0. The van der Waals surface area contributed by atoms with Crippen LogP contribution in [0.3, 0.4) is 0 Å². The number of furan rings is 1. The van der Waals surface area contributed by atoms with Crippen molar-refractivity contribution in [3.63, 3.8) is 0 Å². The van der Waals surface area contributed by atoms with Gasteiger partial charge in [0.1, 0.15) is 16.8 Å². The van der Waals surface area contributed by atoms with Crippen molar-refractivity contribution in [2.24, 2.45) is 0 Å². The summed E-state index contributed by atoms with van der Waals surface area (Å²) < 4.78 is 99.4. The lowest BCUT2D eigenvalue weighted by atomic mass is 10.0. The van der Waals surface area contributed by atoms with Crippen LogP contribution in [-0.2, 0) is 43.9 Å². The van der Waals surface area contributed by atoms with E-state index in [2.05, 4.69) is 0 Å². The fourth-order valence-corrected chi connectivity index (χ4v) is 8.21. The van der Waals surface area contributed by atoms with Gasteiger partial charge in [0.15, 0.2) is 9.84 Å². The van der Waals surface area contributed by atoms with Crippen molar-refractivity contribution < 1.29 is 39.2 Å². The summed E-state index contributed by atoms with van der Waals surface area (Å²) in [5, 5.41) is -1.20. The van der Waals surface area contributed by atoms with Gasteiger partial charge in [-0.15, -0.1) is 0 Å². The van der Waals surface area contributed by atoms with Crippen LogP contribution < -0.4 is 0 Å². The third-order valence-electron chi connectivity index (χ3n) is 7.32. The molecule has 0 radical (unpaired) electrons. The van der Waals surface area contributed by atoms with E-state index < -0.39 is 49.4 Å². The van der Waals surface area contributed by atoms with Gasteiger partial charge in [-0.1, -0.05) is 54.1 Å². The summed E-state index contributed by atoms with van der Waals surface area (Å²) in [5.74, 6) is -1.86. The van der Waals surface area contributed by atoms with E-state index in [0.29, 0.717) is 27.8 Å². The van der Waals surface area contributed by atoms with E-state index in [1.165, 1.54) is 26.0 Å². The number of nitrogens with zero attached hydrogens (tertiary/aromatic N) is 1. The lowest BCUT2D eigenvalue weighted by molar-refractivity contribution is -0.153. The van der Waals surface area contributed by atoms with Gasteiger partial charge < -0.3 is 4.42 Å². The van der Waals surface area contributed by atoms with E-state index in [1.54, 1.807) is 62.4 Å². The predicted molar refractivity (Wildman–Crippen MR) is 160 cm³/mol. The zero-order valence-electron chi connectivity index (χ0n) is 24.8. The standard InChI is InChI=1S/C32H32F3NO6S2/c1-20-15-21(2)31(22(3)16-20)44(40,41)36(19-28-13-14-30(42-28)32(33,34)35)18-25-9-11-26(12-10-25)27-7-6-8-29(17-27)43(38,39)24(5)23(4)37/h6-17,24H,18-19H2,1-5H3. The summed E-state index contributed by atoms with van der Waals surface area (Å²) in [6.45, 7) is 7.11. The van der Waals surface area contributed by atoms with Gasteiger partial charge in [0.25, 0.3) is 0 Å². The van der Waals surface area contributed by atoms with Crippen molar-refractivity contribution in [1.82, 2.24) is 4.31 Å². The van der Waals surface area contributed by atoms with Crippen molar-refractivity contribution in [2.45, 2.75) is 68.9 Å². The maximum absolute atomic E-state index is 14.0. The van der Waals surface area contributed by atoms with Crippen LogP contribution >= 0.6 is 0 Å². The Balaban J connectivity index is 1.69. The summed E-state index contributed by atoms with van der Waals surface area (Å²) in [7, 11) is -8.09. The number of Topliss-reactive ketones (excluding diaryl/α,β-unsaturated/α-hetero) is 1. The van der Waals surface area contributed by atoms with Crippen molar-refractivity contribution in [1.29, 1.82) is 0 Å². The largest absolute Gasteiger partial charge is 0.455 e. The number of carbonyl (C=O) groups excluding carboxylic acids is 1.